The average molecular weight is 315 g/mol. The molecule has 0 bridgehead atoms. The van der Waals surface area contributed by atoms with Crippen LogP contribution in [0.3, 0.4) is 0 Å². The summed E-state index contributed by atoms with van der Waals surface area (Å²) in [5.74, 6) is -1.01. The fourth-order valence-corrected chi connectivity index (χ4v) is 2.73. The summed E-state index contributed by atoms with van der Waals surface area (Å²) in [4.78, 5) is 4.33. The van der Waals surface area contributed by atoms with E-state index in [1.54, 1.807) is 0 Å². The summed E-state index contributed by atoms with van der Waals surface area (Å²) >= 11 is 0. The van der Waals surface area contributed by atoms with E-state index < -0.39 is 11.6 Å². The van der Waals surface area contributed by atoms with Gasteiger partial charge in [-0.1, -0.05) is 25.1 Å². The maximum atomic E-state index is 13.7. The quantitative estimate of drug-likeness (QED) is 0.666. The van der Waals surface area contributed by atoms with E-state index in [2.05, 4.69) is 17.2 Å². The highest BCUT2D eigenvalue weighted by Gasteiger charge is 2.42. The minimum atomic E-state index is -0.519. The fraction of sp³-hybridized carbons (Fsp3) is 0.278. The van der Waals surface area contributed by atoms with Crippen LogP contribution in [-0.2, 0) is 6.42 Å². The van der Waals surface area contributed by atoms with E-state index >= 15 is 0 Å². The Morgan fingerprint density at radius 1 is 1.22 bits per heavy atom. The van der Waals surface area contributed by atoms with Crippen molar-refractivity contribution in [3.8, 4) is 0 Å². The first-order valence-electron chi connectivity index (χ1n) is 7.71. The molecule has 0 amide bonds. The lowest BCUT2D eigenvalue weighted by Gasteiger charge is -2.07. The van der Waals surface area contributed by atoms with Gasteiger partial charge in [0.15, 0.2) is 5.96 Å². The number of benzene rings is 2. The molecule has 1 fully saturated rings. The van der Waals surface area contributed by atoms with E-state index in [-0.39, 0.29) is 23.5 Å². The molecule has 1 aliphatic rings. The lowest BCUT2D eigenvalue weighted by molar-refractivity contribution is 0.555. The van der Waals surface area contributed by atoms with E-state index in [0.29, 0.717) is 6.42 Å². The zero-order valence-electron chi connectivity index (χ0n) is 12.9. The Hall–Kier alpha value is -2.43. The second kappa shape index (κ2) is 6.36. The zero-order chi connectivity index (χ0) is 16.4. The van der Waals surface area contributed by atoms with Gasteiger partial charge in [-0.2, -0.15) is 0 Å². The Bertz CT molecular complexity index is 723. The monoisotopic (exact) mass is 315 g/mol. The van der Waals surface area contributed by atoms with Crippen LogP contribution in [0.4, 0.5) is 14.5 Å². The summed E-state index contributed by atoms with van der Waals surface area (Å²) in [6, 6.07) is 11.6. The Labute approximate surface area is 134 Å². The maximum absolute atomic E-state index is 13.7. The van der Waals surface area contributed by atoms with Crippen LogP contribution in [0, 0.1) is 11.6 Å². The molecule has 0 radical (unpaired) electrons. The molecular formula is C18H19F2N3. The van der Waals surface area contributed by atoms with Crippen LogP contribution in [0.2, 0.25) is 0 Å². The minimum Gasteiger partial charge on any atom is -0.370 e. The van der Waals surface area contributed by atoms with Gasteiger partial charge in [0, 0.05) is 17.2 Å². The molecule has 1 saturated carbocycles. The molecule has 2 aromatic carbocycles. The van der Waals surface area contributed by atoms with Gasteiger partial charge in [-0.15, -0.1) is 0 Å². The first-order chi connectivity index (χ1) is 11.1. The second-order valence-electron chi connectivity index (χ2n) is 5.74. The molecule has 2 atom stereocenters. The molecular weight excluding hydrogens is 296 g/mol. The van der Waals surface area contributed by atoms with Gasteiger partial charge < -0.3 is 11.1 Å². The number of halogens is 2. The molecule has 3 N–H and O–H groups in total. The standard InChI is InChI=1S/C18H19F2N3/c1-2-11-5-3-6-12(9-11)22-18(21)23-16-10-13(16)17-14(19)7-4-8-15(17)20/h3-9,13,16H,2,10H2,1H3,(H3,21,22,23). The van der Waals surface area contributed by atoms with Crippen molar-refractivity contribution in [1.82, 2.24) is 0 Å². The number of hydrogen-bond donors (Lipinski definition) is 2. The number of aryl methyl sites for hydroxylation is 1. The minimum absolute atomic E-state index is 0.113. The van der Waals surface area contributed by atoms with E-state index in [1.807, 2.05) is 24.3 Å². The summed E-state index contributed by atoms with van der Waals surface area (Å²) in [5.41, 5.74) is 8.07. The van der Waals surface area contributed by atoms with Crippen LogP contribution in [0.1, 0.15) is 30.4 Å². The first kappa shape index (κ1) is 15.5. The number of nitrogens with zero attached hydrogens (tertiary/aromatic N) is 1. The average Bonchev–Trinajstić information content (AvgIpc) is 3.25. The van der Waals surface area contributed by atoms with Crippen LogP contribution in [-0.4, -0.2) is 12.0 Å². The Morgan fingerprint density at radius 3 is 2.61 bits per heavy atom. The molecule has 3 nitrogen and oxygen atoms in total. The van der Waals surface area contributed by atoms with Gasteiger partial charge in [0.05, 0.1) is 6.04 Å². The van der Waals surface area contributed by atoms with Crippen molar-refractivity contribution in [2.45, 2.75) is 31.7 Å². The summed E-state index contributed by atoms with van der Waals surface area (Å²) in [6.07, 6.45) is 1.54. The van der Waals surface area contributed by atoms with Crippen molar-refractivity contribution in [2.24, 2.45) is 10.7 Å². The van der Waals surface area contributed by atoms with Crippen molar-refractivity contribution in [3.63, 3.8) is 0 Å². The normalized spacial score (nSPS) is 20.4. The van der Waals surface area contributed by atoms with Gasteiger partial charge >= 0.3 is 0 Å². The van der Waals surface area contributed by atoms with E-state index in [0.717, 1.165) is 12.1 Å². The van der Waals surface area contributed by atoms with Crippen molar-refractivity contribution in [3.05, 3.63) is 65.2 Å². The SMILES string of the molecule is CCc1cccc(NC(N)=NC2CC2c2c(F)cccc2F)c1. The molecule has 5 heteroatoms. The lowest BCUT2D eigenvalue weighted by Crippen LogP contribution is -2.23. The number of nitrogens with one attached hydrogen (secondary N) is 1. The first-order valence-corrected chi connectivity index (χ1v) is 7.71. The molecule has 0 aliphatic heterocycles. The number of aliphatic imine (C=N–C) groups is 1. The van der Waals surface area contributed by atoms with Crippen molar-refractivity contribution >= 4 is 11.6 Å². The van der Waals surface area contributed by atoms with Crippen molar-refractivity contribution in [1.29, 1.82) is 0 Å². The van der Waals surface area contributed by atoms with E-state index in [9.17, 15) is 8.78 Å². The predicted molar refractivity (Wildman–Crippen MR) is 88.6 cm³/mol. The van der Waals surface area contributed by atoms with Crippen LogP contribution >= 0.6 is 0 Å². The molecule has 120 valence electrons. The third kappa shape index (κ3) is 3.50. The molecule has 0 spiro atoms. The Balaban J connectivity index is 1.68. The van der Waals surface area contributed by atoms with Crippen LogP contribution in [0.5, 0.6) is 0 Å². The Morgan fingerprint density at radius 2 is 1.91 bits per heavy atom. The smallest absolute Gasteiger partial charge is 0.193 e. The molecule has 0 saturated heterocycles. The highest BCUT2D eigenvalue weighted by Crippen LogP contribution is 2.45. The van der Waals surface area contributed by atoms with Crippen LogP contribution < -0.4 is 11.1 Å². The van der Waals surface area contributed by atoms with E-state index in [1.165, 1.54) is 23.8 Å². The lowest BCUT2D eigenvalue weighted by atomic mass is 10.1. The van der Waals surface area contributed by atoms with Crippen LogP contribution in [0.15, 0.2) is 47.5 Å². The number of nitrogens with two attached hydrogens (primary N) is 1. The molecule has 0 aromatic heterocycles. The van der Waals surface area contributed by atoms with Gasteiger partial charge in [-0.3, -0.25) is 0 Å². The topological polar surface area (TPSA) is 50.4 Å². The molecule has 3 rings (SSSR count). The van der Waals surface area contributed by atoms with Gasteiger partial charge in [0.2, 0.25) is 0 Å². The fourth-order valence-electron chi connectivity index (χ4n) is 2.73. The summed E-state index contributed by atoms with van der Waals surface area (Å²) < 4.78 is 27.5. The molecule has 0 heterocycles. The maximum Gasteiger partial charge on any atom is 0.193 e. The van der Waals surface area contributed by atoms with Gasteiger partial charge in [0.1, 0.15) is 11.6 Å². The molecule has 23 heavy (non-hydrogen) atoms. The predicted octanol–water partition coefficient (Wildman–Crippen LogP) is 3.81. The highest BCUT2D eigenvalue weighted by atomic mass is 19.1. The molecule has 2 aromatic rings. The largest absolute Gasteiger partial charge is 0.370 e. The van der Waals surface area contributed by atoms with Crippen molar-refractivity contribution < 1.29 is 8.78 Å². The molecule has 2 unspecified atom stereocenters. The number of rotatable bonds is 4. The van der Waals surface area contributed by atoms with Gasteiger partial charge in [-0.25, -0.2) is 13.8 Å². The summed E-state index contributed by atoms with van der Waals surface area (Å²) in [5, 5.41) is 3.03. The highest BCUT2D eigenvalue weighted by molar-refractivity contribution is 5.92. The molecule has 1 aliphatic carbocycles. The zero-order valence-corrected chi connectivity index (χ0v) is 12.9. The third-order valence-corrected chi connectivity index (χ3v) is 4.04. The number of guanidine groups is 1. The van der Waals surface area contributed by atoms with Gasteiger partial charge in [0.25, 0.3) is 0 Å². The van der Waals surface area contributed by atoms with E-state index in [4.69, 9.17) is 5.73 Å². The Kier molecular flexibility index (Phi) is 4.28. The third-order valence-electron chi connectivity index (χ3n) is 4.04. The summed E-state index contributed by atoms with van der Waals surface area (Å²) in [6.45, 7) is 2.08. The number of hydrogen-bond acceptors (Lipinski definition) is 1. The van der Waals surface area contributed by atoms with Gasteiger partial charge in [-0.05, 0) is 42.7 Å². The second-order valence-corrected chi connectivity index (χ2v) is 5.74. The van der Waals surface area contributed by atoms with Crippen molar-refractivity contribution in [2.75, 3.05) is 5.32 Å². The number of anilines is 1. The van der Waals surface area contributed by atoms with Crippen LogP contribution in [0.25, 0.3) is 0 Å². The summed E-state index contributed by atoms with van der Waals surface area (Å²) in [7, 11) is 0.